The van der Waals surface area contributed by atoms with E-state index in [0.29, 0.717) is 48.7 Å². The number of carbonyl (C=O) groups is 2. The lowest BCUT2D eigenvalue weighted by Gasteiger charge is -2.38. The quantitative estimate of drug-likeness (QED) is 0.253. The minimum atomic E-state index is -3.61. The normalized spacial score (nSPS) is 14.2. The molecule has 0 radical (unpaired) electrons. The smallest absolute Gasteiger partial charge is 0.324 e. The van der Waals surface area contributed by atoms with Gasteiger partial charge in [-0.3, -0.25) is 14.4 Å². The van der Waals surface area contributed by atoms with Gasteiger partial charge in [-0.2, -0.15) is 5.10 Å². The molecule has 0 atom stereocenters. The Morgan fingerprint density at radius 1 is 0.889 bits per heavy atom. The number of hydrogen-bond acceptors (Lipinski definition) is 5. The molecular formula is C34H40N6O4S. The molecule has 11 heteroatoms. The zero-order valence-electron chi connectivity index (χ0n) is 26.3. The number of aryl methyl sites for hydroxylation is 1. The van der Waals surface area contributed by atoms with Gasteiger partial charge in [0.1, 0.15) is 5.82 Å². The molecule has 10 nitrogen and oxygen atoms in total. The number of likely N-dealkylation sites (tertiary alicyclic amines) is 1. The third-order valence-corrected chi connectivity index (χ3v) is 9.06. The van der Waals surface area contributed by atoms with Crippen LogP contribution in [0, 0.1) is 6.92 Å². The molecule has 5 rings (SSSR count). The number of nitrogens with one attached hydrogen (secondary N) is 2. The third kappa shape index (κ3) is 7.54. The maximum atomic E-state index is 13.1. The van der Waals surface area contributed by atoms with E-state index in [1.165, 1.54) is 10.6 Å². The van der Waals surface area contributed by atoms with Crippen LogP contribution in [0.4, 0.5) is 22.0 Å². The molecule has 1 aliphatic heterocycles. The molecule has 1 fully saturated rings. The topological polar surface area (TPSA) is 117 Å². The molecule has 0 spiro atoms. The molecule has 0 aliphatic carbocycles. The number of carbonyl (C=O) groups excluding carboxylic acids is 2. The Morgan fingerprint density at radius 3 is 2.09 bits per heavy atom. The van der Waals surface area contributed by atoms with Crippen molar-refractivity contribution in [1.29, 1.82) is 0 Å². The summed E-state index contributed by atoms with van der Waals surface area (Å²) in [5.74, 6) is 0.475. The zero-order valence-corrected chi connectivity index (χ0v) is 27.1. The van der Waals surface area contributed by atoms with Gasteiger partial charge in [0.15, 0.2) is 0 Å². The zero-order chi connectivity index (χ0) is 32.4. The second-order valence-corrected chi connectivity index (χ2v) is 14.3. The van der Waals surface area contributed by atoms with Gasteiger partial charge in [0.2, 0.25) is 10.0 Å². The van der Waals surface area contributed by atoms with Crippen LogP contribution in [-0.4, -0.2) is 60.4 Å². The first kappa shape index (κ1) is 31.8. The van der Waals surface area contributed by atoms with Crippen LogP contribution in [0.3, 0.4) is 0 Å². The number of anilines is 3. The highest BCUT2D eigenvalue weighted by Crippen LogP contribution is 2.29. The summed E-state index contributed by atoms with van der Waals surface area (Å²) < 4.78 is 29.0. The summed E-state index contributed by atoms with van der Waals surface area (Å²) in [5.41, 5.74) is 4.19. The van der Waals surface area contributed by atoms with Crippen molar-refractivity contribution < 1.29 is 18.0 Å². The van der Waals surface area contributed by atoms with E-state index in [9.17, 15) is 18.0 Å². The number of nitrogens with zero attached hydrogens (tertiary/aromatic N) is 4. The summed E-state index contributed by atoms with van der Waals surface area (Å²) in [6.07, 6.45) is 2.22. The Bertz CT molecular complexity index is 1750. The number of amides is 3. The summed E-state index contributed by atoms with van der Waals surface area (Å²) in [7, 11) is -3.61. The van der Waals surface area contributed by atoms with Gasteiger partial charge in [-0.15, -0.1) is 0 Å². The van der Waals surface area contributed by atoms with E-state index in [-0.39, 0.29) is 17.4 Å². The van der Waals surface area contributed by atoms with Crippen LogP contribution in [0.5, 0.6) is 0 Å². The summed E-state index contributed by atoms with van der Waals surface area (Å²) in [4.78, 5) is 27.7. The number of aromatic nitrogens is 2. The predicted molar refractivity (Wildman–Crippen MR) is 179 cm³/mol. The lowest BCUT2D eigenvalue weighted by Crippen LogP contribution is -2.48. The molecule has 1 saturated heterocycles. The predicted octanol–water partition coefficient (Wildman–Crippen LogP) is 6.19. The van der Waals surface area contributed by atoms with E-state index < -0.39 is 16.1 Å². The van der Waals surface area contributed by atoms with Gasteiger partial charge in [0.05, 0.1) is 23.3 Å². The van der Waals surface area contributed by atoms with Crippen LogP contribution in [0.25, 0.3) is 5.69 Å². The number of rotatable bonds is 7. The Balaban J connectivity index is 1.27. The maximum absolute atomic E-state index is 13.1. The fourth-order valence-corrected chi connectivity index (χ4v) is 6.69. The van der Waals surface area contributed by atoms with Crippen LogP contribution in [0.1, 0.15) is 55.2 Å². The largest absolute Gasteiger partial charge is 0.338 e. The minimum Gasteiger partial charge on any atom is -0.338 e. The Morgan fingerprint density at radius 2 is 1.51 bits per heavy atom. The molecule has 2 heterocycles. The fraction of sp³-hybridized carbons (Fsp3) is 0.324. The summed E-state index contributed by atoms with van der Waals surface area (Å²) in [6.45, 7) is 9.12. The molecule has 1 aliphatic rings. The highest BCUT2D eigenvalue weighted by molar-refractivity contribution is 7.92. The van der Waals surface area contributed by atoms with Crippen molar-refractivity contribution in [2.24, 2.45) is 0 Å². The number of urea groups is 1. The van der Waals surface area contributed by atoms with E-state index in [2.05, 4.69) is 31.4 Å². The van der Waals surface area contributed by atoms with Gasteiger partial charge in [-0.25, -0.2) is 17.9 Å². The summed E-state index contributed by atoms with van der Waals surface area (Å²) >= 11 is 0. The minimum absolute atomic E-state index is 0.0507. The molecule has 45 heavy (non-hydrogen) atoms. The average Bonchev–Trinajstić information content (AvgIpc) is 3.42. The van der Waals surface area contributed by atoms with Crippen molar-refractivity contribution >= 4 is 39.2 Å². The number of sulfonamides is 1. The van der Waals surface area contributed by atoms with E-state index >= 15 is 0 Å². The molecule has 3 amide bonds. The molecule has 3 aromatic carbocycles. The first-order chi connectivity index (χ1) is 21.3. The van der Waals surface area contributed by atoms with Crippen molar-refractivity contribution in [3.05, 3.63) is 102 Å². The molecule has 236 valence electrons. The van der Waals surface area contributed by atoms with Crippen LogP contribution < -0.4 is 14.9 Å². The average molecular weight is 629 g/mol. The molecule has 0 saturated carbocycles. The monoisotopic (exact) mass is 628 g/mol. The Kier molecular flexibility index (Phi) is 9.01. The summed E-state index contributed by atoms with van der Waals surface area (Å²) in [6, 6.07) is 24.8. The fourth-order valence-electron chi connectivity index (χ4n) is 5.43. The van der Waals surface area contributed by atoms with E-state index in [0.717, 1.165) is 16.9 Å². The van der Waals surface area contributed by atoms with Gasteiger partial charge in [0, 0.05) is 41.9 Å². The molecule has 0 unspecified atom stereocenters. The molecule has 1 aromatic heterocycles. The summed E-state index contributed by atoms with van der Waals surface area (Å²) in [5, 5.41) is 10.5. The standard InChI is InChI=1S/C34H40N6O4S/c1-24-11-15-27(16-12-24)39-31(23-30(37-39)34(2,3)4)36-33(42)35-26-13-17-28(18-14-26)40(45(5,43)44)29-19-21-38(22-20-29)32(41)25-9-7-6-8-10-25/h6-18,23,29H,19-22H2,1-5H3,(H2,35,36,42). The van der Waals surface area contributed by atoms with Crippen LogP contribution >= 0.6 is 0 Å². The first-order valence-electron chi connectivity index (χ1n) is 15.0. The lowest BCUT2D eigenvalue weighted by atomic mass is 9.92. The highest BCUT2D eigenvalue weighted by Gasteiger charge is 2.32. The second kappa shape index (κ2) is 12.8. The first-order valence-corrected chi connectivity index (χ1v) is 16.8. The van der Waals surface area contributed by atoms with E-state index in [4.69, 9.17) is 5.10 Å². The van der Waals surface area contributed by atoms with Gasteiger partial charge < -0.3 is 10.2 Å². The van der Waals surface area contributed by atoms with Crippen LogP contribution in [-0.2, 0) is 15.4 Å². The van der Waals surface area contributed by atoms with Gasteiger partial charge in [-0.05, 0) is 68.3 Å². The lowest BCUT2D eigenvalue weighted by molar-refractivity contribution is 0.0715. The maximum Gasteiger partial charge on any atom is 0.324 e. The number of benzene rings is 3. The van der Waals surface area contributed by atoms with E-state index in [1.54, 1.807) is 46.0 Å². The van der Waals surface area contributed by atoms with Crippen LogP contribution in [0.15, 0.2) is 84.9 Å². The van der Waals surface area contributed by atoms with Crippen LogP contribution in [0.2, 0.25) is 0 Å². The van der Waals surface area contributed by atoms with Crippen molar-refractivity contribution in [3.8, 4) is 5.69 Å². The van der Waals surface area contributed by atoms with Crippen molar-refractivity contribution in [2.75, 3.05) is 34.3 Å². The molecular weight excluding hydrogens is 588 g/mol. The third-order valence-electron chi connectivity index (χ3n) is 7.84. The van der Waals surface area contributed by atoms with Crippen molar-refractivity contribution in [2.45, 2.75) is 52.0 Å². The van der Waals surface area contributed by atoms with Gasteiger partial charge >= 0.3 is 6.03 Å². The van der Waals surface area contributed by atoms with Gasteiger partial charge in [-0.1, -0.05) is 56.7 Å². The second-order valence-electron chi connectivity index (χ2n) is 12.5. The highest BCUT2D eigenvalue weighted by atomic mass is 32.2. The molecule has 2 N–H and O–H groups in total. The number of hydrogen-bond donors (Lipinski definition) is 2. The van der Waals surface area contributed by atoms with Crippen molar-refractivity contribution in [1.82, 2.24) is 14.7 Å². The Hall–Kier alpha value is -4.64. The SMILES string of the molecule is Cc1ccc(-n2nc(C(C)(C)C)cc2NC(=O)Nc2ccc(N(C3CCN(C(=O)c4ccccc4)CC3)S(C)(=O)=O)cc2)cc1. The van der Waals surface area contributed by atoms with Gasteiger partial charge in [0.25, 0.3) is 5.91 Å². The molecule has 4 aromatic rings. The number of piperidine rings is 1. The van der Waals surface area contributed by atoms with E-state index in [1.807, 2.05) is 55.5 Å². The van der Waals surface area contributed by atoms with Crippen molar-refractivity contribution in [3.63, 3.8) is 0 Å². The molecule has 0 bridgehead atoms. The Labute approximate surface area is 265 Å².